The number of amides is 2. The highest BCUT2D eigenvalue weighted by atomic mass is 32.2. The quantitative estimate of drug-likeness (QED) is 0.681. The molecule has 1 fully saturated rings. The Morgan fingerprint density at radius 3 is 2.54 bits per heavy atom. The van der Waals surface area contributed by atoms with Gasteiger partial charge in [-0.15, -0.1) is 0 Å². The largest absolute Gasteiger partial charge is 0.755 e. The third-order valence-corrected chi connectivity index (χ3v) is 4.96. The molecule has 0 spiro atoms. The monoisotopic (exact) mass is 412 g/mol. The molecule has 3 unspecified atom stereocenters. The lowest BCUT2D eigenvalue weighted by Crippen LogP contribution is -2.55. The van der Waals surface area contributed by atoms with Gasteiger partial charge in [-0.1, -0.05) is 6.92 Å². The van der Waals surface area contributed by atoms with Gasteiger partial charge in [-0.25, -0.2) is 4.79 Å². The molecule has 1 N–H and O–H groups in total. The van der Waals surface area contributed by atoms with E-state index in [-0.39, 0.29) is 18.1 Å². The lowest BCUT2D eigenvalue weighted by atomic mass is 10.1. The number of nitrogens with zero attached hydrogens (tertiary/aromatic N) is 2. The highest BCUT2D eigenvalue weighted by Crippen LogP contribution is 2.17. The first-order valence-electron chi connectivity index (χ1n) is 9.07. The summed E-state index contributed by atoms with van der Waals surface area (Å²) >= 11 is -2.41. The molecule has 28 heavy (non-hydrogen) atoms. The van der Waals surface area contributed by atoms with E-state index >= 15 is 0 Å². The van der Waals surface area contributed by atoms with Crippen molar-refractivity contribution in [2.45, 2.75) is 32.4 Å². The van der Waals surface area contributed by atoms with Gasteiger partial charge in [0.2, 0.25) is 0 Å². The molecule has 1 heterocycles. The van der Waals surface area contributed by atoms with Crippen LogP contribution in [0.3, 0.4) is 0 Å². The number of hydrogen-bond acceptors (Lipinski definition) is 6. The number of hydrogen-bond donors (Lipinski definition) is 1. The van der Waals surface area contributed by atoms with E-state index in [1.54, 1.807) is 29.0 Å². The molecule has 9 nitrogen and oxygen atoms in total. The molecular formula is C18H26N3O6S-. The number of methoxy groups -OCH3 is 1. The Labute approximate surface area is 167 Å². The van der Waals surface area contributed by atoms with E-state index in [4.69, 9.17) is 9.47 Å². The highest BCUT2D eigenvalue weighted by molar-refractivity contribution is 7.80. The summed E-state index contributed by atoms with van der Waals surface area (Å²) in [6, 6.07) is 6.02. The number of benzene rings is 1. The van der Waals surface area contributed by atoms with E-state index < -0.39 is 17.4 Å². The van der Waals surface area contributed by atoms with Crippen molar-refractivity contribution in [3.63, 3.8) is 0 Å². The minimum atomic E-state index is -2.41. The van der Waals surface area contributed by atoms with E-state index in [9.17, 15) is 18.4 Å². The highest BCUT2D eigenvalue weighted by Gasteiger charge is 2.31. The van der Waals surface area contributed by atoms with Crippen molar-refractivity contribution in [2.24, 2.45) is 0 Å². The average Bonchev–Trinajstić information content (AvgIpc) is 2.67. The van der Waals surface area contributed by atoms with Crippen LogP contribution >= 0.6 is 0 Å². The first-order chi connectivity index (χ1) is 13.3. The van der Waals surface area contributed by atoms with Gasteiger partial charge < -0.3 is 28.5 Å². The number of nitrogens with one attached hydrogen (secondary N) is 1. The van der Waals surface area contributed by atoms with Crippen molar-refractivity contribution in [3.8, 4) is 0 Å². The summed E-state index contributed by atoms with van der Waals surface area (Å²) in [5.74, 6) is -0.166. The number of carbonyl (C=O) groups is 2. The Kier molecular flexibility index (Phi) is 8.21. The Hall–Kier alpha value is -2.17. The minimum absolute atomic E-state index is 0.166. The maximum absolute atomic E-state index is 12.8. The third kappa shape index (κ3) is 5.91. The molecule has 0 aliphatic carbocycles. The first-order valence-corrected chi connectivity index (χ1v) is 10.1. The molecule has 0 aromatic heterocycles. The molecule has 1 aromatic rings. The van der Waals surface area contributed by atoms with Crippen molar-refractivity contribution >= 4 is 29.0 Å². The van der Waals surface area contributed by atoms with Crippen LogP contribution in [-0.4, -0.2) is 76.1 Å². The second-order valence-corrected chi connectivity index (χ2v) is 7.25. The Morgan fingerprint density at radius 1 is 1.32 bits per heavy atom. The molecule has 156 valence electrons. The third-order valence-electron chi connectivity index (χ3n) is 4.55. The maximum Gasteiger partial charge on any atom is 0.410 e. The molecule has 0 bridgehead atoms. The van der Waals surface area contributed by atoms with Gasteiger partial charge >= 0.3 is 6.09 Å². The van der Waals surface area contributed by atoms with Crippen LogP contribution < -0.4 is 4.72 Å². The molecule has 1 saturated heterocycles. The number of ether oxygens (including phenoxy) is 2. The van der Waals surface area contributed by atoms with E-state index in [2.05, 4.69) is 4.72 Å². The lowest BCUT2D eigenvalue weighted by Gasteiger charge is -2.39. The summed E-state index contributed by atoms with van der Waals surface area (Å²) < 4.78 is 34.0. The first kappa shape index (κ1) is 22.1. The van der Waals surface area contributed by atoms with Crippen molar-refractivity contribution < 1.29 is 27.8 Å². The van der Waals surface area contributed by atoms with Gasteiger partial charge in [-0.2, -0.15) is 0 Å². The Bertz CT molecular complexity index is 699. The summed E-state index contributed by atoms with van der Waals surface area (Å²) in [6.07, 6.45) is -0.0230. The van der Waals surface area contributed by atoms with Crippen LogP contribution in [0.25, 0.3) is 0 Å². The van der Waals surface area contributed by atoms with Crippen molar-refractivity contribution in [2.75, 3.05) is 38.1 Å². The summed E-state index contributed by atoms with van der Waals surface area (Å²) in [4.78, 5) is 28.4. The number of piperazine rings is 1. The fraction of sp³-hybridized carbons (Fsp3) is 0.556. The topological polar surface area (TPSA) is 111 Å². The predicted octanol–water partition coefficient (Wildman–Crippen LogP) is 1.60. The van der Waals surface area contributed by atoms with Crippen LogP contribution in [0.5, 0.6) is 0 Å². The maximum atomic E-state index is 12.8. The second-order valence-electron chi connectivity index (χ2n) is 6.58. The van der Waals surface area contributed by atoms with Crippen LogP contribution in [0.2, 0.25) is 0 Å². The second kappa shape index (κ2) is 10.4. The van der Waals surface area contributed by atoms with Gasteiger partial charge in [0.15, 0.2) is 0 Å². The van der Waals surface area contributed by atoms with Gasteiger partial charge in [0.25, 0.3) is 5.91 Å². The molecule has 1 aliphatic heterocycles. The molecule has 1 aliphatic rings. The van der Waals surface area contributed by atoms with Crippen molar-refractivity contribution in [1.82, 2.24) is 9.80 Å². The predicted molar refractivity (Wildman–Crippen MR) is 103 cm³/mol. The SMILES string of the molecule is CCC(COC)OC(=O)N1CCN(C(=O)c2ccc(NS(=O)[O-])cc2)C(C)C1. The normalized spacial score (nSPS) is 19.1. The van der Waals surface area contributed by atoms with E-state index in [0.717, 1.165) is 0 Å². The summed E-state index contributed by atoms with van der Waals surface area (Å²) in [5, 5.41) is 0. The smallest absolute Gasteiger partial charge is 0.410 e. The molecule has 10 heteroatoms. The van der Waals surface area contributed by atoms with Crippen LogP contribution in [-0.2, 0) is 20.7 Å². The van der Waals surface area contributed by atoms with E-state index in [0.29, 0.717) is 43.9 Å². The zero-order chi connectivity index (χ0) is 20.7. The molecule has 0 saturated carbocycles. The van der Waals surface area contributed by atoms with Crippen LogP contribution in [0.15, 0.2) is 24.3 Å². The Morgan fingerprint density at radius 2 is 2.00 bits per heavy atom. The minimum Gasteiger partial charge on any atom is -0.755 e. The van der Waals surface area contributed by atoms with Gasteiger partial charge in [-0.05, 0) is 37.6 Å². The zero-order valence-corrected chi connectivity index (χ0v) is 17.1. The fourth-order valence-corrected chi connectivity index (χ4v) is 3.33. The van der Waals surface area contributed by atoms with E-state index in [1.807, 2.05) is 13.8 Å². The molecule has 3 atom stereocenters. The van der Waals surface area contributed by atoms with Crippen molar-refractivity contribution in [3.05, 3.63) is 29.8 Å². The van der Waals surface area contributed by atoms with E-state index in [1.165, 1.54) is 12.1 Å². The number of rotatable bonds is 7. The molecular weight excluding hydrogens is 386 g/mol. The molecule has 0 radical (unpaired) electrons. The van der Waals surface area contributed by atoms with Crippen LogP contribution in [0.1, 0.15) is 30.6 Å². The lowest BCUT2D eigenvalue weighted by molar-refractivity contribution is 0.00430. The molecule has 2 amide bonds. The molecule has 1 aromatic carbocycles. The standard InChI is InChI=1S/C18H27N3O6S/c1-4-16(12-26-3)27-18(23)20-9-10-21(13(2)11-20)17(22)14-5-7-15(8-6-14)19-28(24)25/h5-8,13,16,19H,4,9-12H2,1-3H3,(H,24,25)/p-1. The van der Waals surface area contributed by atoms with Gasteiger partial charge in [-0.3, -0.25) is 9.00 Å². The Balaban J connectivity index is 1.94. The number of anilines is 1. The summed E-state index contributed by atoms with van der Waals surface area (Å²) in [6.45, 7) is 5.30. The van der Waals surface area contributed by atoms with Gasteiger partial charge in [0.1, 0.15) is 6.10 Å². The molecule has 2 rings (SSSR count). The van der Waals surface area contributed by atoms with Crippen molar-refractivity contribution in [1.29, 1.82) is 0 Å². The summed E-state index contributed by atoms with van der Waals surface area (Å²) in [7, 11) is 1.56. The summed E-state index contributed by atoms with van der Waals surface area (Å²) in [5.41, 5.74) is 0.836. The fourth-order valence-electron chi connectivity index (χ4n) is 3.01. The number of carbonyl (C=O) groups excluding carboxylic acids is 2. The van der Waals surface area contributed by atoms with Gasteiger partial charge in [0, 0.05) is 55.3 Å². The zero-order valence-electron chi connectivity index (χ0n) is 16.3. The van der Waals surface area contributed by atoms with Crippen LogP contribution in [0, 0.1) is 0 Å². The average molecular weight is 412 g/mol. The van der Waals surface area contributed by atoms with Gasteiger partial charge in [0.05, 0.1) is 6.61 Å². The van der Waals surface area contributed by atoms with Crippen LogP contribution in [0.4, 0.5) is 10.5 Å².